The number of aryl methyl sites for hydroxylation is 1. The van der Waals surface area contributed by atoms with Gasteiger partial charge in [0, 0.05) is 35.8 Å². The van der Waals surface area contributed by atoms with Gasteiger partial charge in [0.2, 0.25) is 0 Å². The van der Waals surface area contributed by atoms with Gasteiger partial charge in [-0.05, 0) is 33.9 Å². The minimum atomic E-state index is 0.298. The lowest BCUT2D eigenvalue weighted by molar-refractivity contribution is 0.516. The van der Waals surface area contributed by atoms with Gasteiger partial charge in [0.25, 0.3) is 0 Å². The quantitative estimate of drug-likeness (QED) is 0.903. The smallest absolute Gasteiger partial charge is 0.0897 e. The van der Waals surface area contributed by atoms with Crippen LogP contribution in [0.1, 0.15) is 41.5 Å². The van der Waals surface area contributed by atoms with Crippen LogP contribution in [0.4, 0.5) is 0 Å². The van der Waals surface area contributed by atoms with Crippen molar-refractivity contribution in [3.05, 3.63) is 34.0 Å². The number of hydrogen-bond donors (Lipinski definition) is 1. The maximum absolute atomic E-state index is 4.59. The van der Waals surface area contributed by atoms with E-state index in [0.717, 1.165) is 17.1 Å². The van der Waals surface area contributed by atoms with Gasteiger partial charge in [-0.3, -0.25) is 4.68 Å². The summed E-state index contributed by atoms with van der Waals surface area (Å²) in [6.45, 7) is 6.31. The molecule has 0 saturated heterocycles. The summed E-state index contributed by atoms with van der Waals surface area (Å²) in [6, 6.07) is 2.81. The summed E-state index contributed by atoms with van der Waals surface area (Å²) < 4.78 is 2.00. The van der Waals surface area contributed by atoms with Gasteiger partial charge in [0.15, 0.2) is 0 Å². The Morgan fingerprint density at radius 2 is 2.22 bits per heavy atom. The third-order valence-electron chi connectivity index (χ3n) is 2.94. The third kappa shape index (κ3) is 2.97. The highest BCUT2D eigenvalue weighted by atomic mass is 32.1. The highest BCUT2D eigenvalue weighted by Crippen LogP contribution is 2.23. The summed E-state index contributed by atoms with van der Waals surface area (Å²) in [5.41, 5.74) is 1.12. The Labute approximate surface area is 112 Å². The van der Waals surface area contributed by atoms with Crippen molar-refractivity contribution in [3.63, 3.8) is 0 Å². The van der Waals surface area contributed by atoms with E-state index >= 15 is 0 Å². The fourth-order valence-corrected chi connectivity index (χ4v) is 2.76. The van der Waals surface area contributed by atoms with Crippen LogP contribution in [0.5, 0.6) is 0 Å². The van der Waals surface area contributed by atoms with Crippen molar-refractivity contribution in [1.82, 2.24) is 20.1 Å². The lowest BCUT2D eigenvalue weighted by Gasteiger charge is -2.12. The summed E-state index contributed by atoms with van der Waals surface area (Å²) >= 11 is 1.74. The summed E-state index contributed by atoms with van der Waals surface area (Å²) in [4.78, 5) is 5.59. The molecular formula is C13H20N4S. The number of nitrogens with one attached hydrogen (secondary N) is 1. The van der Waals surface area contributed by atoms with Crippen LogP contribution in [0.3, 0.4) is 0 Å². The molecule has 2 heterocycles. The number of hydrogen-bond acceptors (Lipinski definition) is 4. The number of thiazole rings is 1. The van der Waals surface area contributed by atoms with Crippen molar-refractivity contribution in [1.29, 1.82) is 0 Å². The number of aromatic nitrogens is 3. The van der Waals surface area contributed by atoms with Crippen LogP contribution in [0, 0.1) is 6.92 Å². The molecule has 0 fully saturated rings. The van der Waals surface area contributed by atoms with Crippen molar-refractivity contribution in [2.75, 3.05) is 7.05 Å². The molecule has 2 aromatic heterocycles. The first-order valence-corrected chi connectivity index (χ1v) is 7.05. The van der Waals surface area contributed by atoms with E-state index in [2.05, 4.69) is 35.3 Å². The van der Waals surface area contributed by atoms with E-state index in [-0.39, 0.29) is 0 Å². The molecule has 1 N–H and O–H groups in total. The molecule has 0 aromatic carbocycles. The molecule has 0 aliphatic carbocycles. The Hall–Kier alpha value is -1.20. The monoisotopic (exact) mass is 264 g/mol. The first-order chi connectivity index (χ1) is 8.60. The predicted molar refractivity (Wildman–Crippen MR) is 75.0 cm³/mol. The number of likely N-dealkylation sites (N-methyl/N-ethyl adjacent to an activating group) is 1. The molecule has 0 bridgehead atoms. The van der Waals surface area contributed by atoms with Crippen LogP contribution >= 0.6 is 11.3 Å². The lowest BCUT2D eigenvalue weighted by atomic mass is 10.1. The molecule has 0 spiro atoms. The molecule has 98 valence electrons. The van der Waals surface area contributed by atoms with E-state index < -0.39 is 0 Å². The molecule has 0 radical (unpaired) electrons. The van der Waals surface area contributed by atoms with Gasteiger partial charge >= 0.3 is 0 Å². The average molecular weight is 264 g/mol. The molecule has 18 heavy (non-hydrogen) atoms. The zero-order valence-corrected chi connectivity index (χ0v) is 12.2. The molecule has 1 unspecified atom stereocenters. The summed E-state index contributed by atoms with van der Waals surface area (Å²) in [5.74, 6) is 0. The largest absolute Gasteiger partial charge is 0.312 e. The Balaban J connectivity index is 2.10. The van der Waals surface area contributed by atoms with Crippen LogP contribution in [-0.2, 0) is 6.42 Å². The predicted octanol–water partition coefficient (Wildman–Crippen LogP) is 2.73. The molecule has 1 atom stereocenters. The summed E-state index contributed by atoms with van der Waals surface area (Å²) in [5, 5.41) is 9.04. The van der Waals surface area contributed by atoms with E-state index in [9.17, 15) is 0 Å². The molecule has 2 aromatic rings. The van der Waals surface area contributed by atoms with E-state index in [1.807, 2.05) is 31.0 Å². The summed E-state index contributed by atoms with van der Waals surface area (Å²) in [6.07, 6.45) is 4.91. The van der Waals surface area contributed by atoms with Crippen LogP contribution in [0.25, 0.3) is 0 Å². The van der Waals surface area contributed by atoms with Gasteiger partial charge in [0.05, 0.1) is 10.7 Å². The zero-order valence-electron chi connectivity index (χ0n) is 11.3. The van der Waals surface area contributed by atoms with Crippen LogP contribution in [0.2, 0.25) is 0 Å². The Morgan fingerprint density at radius 1 is 1.44 bits per heavy atom. The third-order valence-corrected chi connectivity index (χ3v) is 3.96. The number of nitrogens with zero attached hydrogens (tertiary/aromatic N) is 3. The van der Waals surface area contributed by atoms with Crippen molar-refractivity contribution in [2.45, 2.75) is 39.3 Å². The van der Waals surface area contributed by atoms with Gasteiger partial charge in [-0.1, -0.05) is 0 Å². The van der Waals surface area contributed by atoms with Gasteiger partial charge < -0.3 is 5.32 Å². The molecule has 0 aliphatic heterocycles. The first kappa shape index (κ1) is 13.2. The molecule has 2 rings (SSSR count). The second-order valence-electron chi connectivity index (χ2n) is 4.71. The maximum Gasteiger partial charge on any atom is 0.0897 e. The molecule has 0 aliphatic rings. The fraction of sp³-hybridized carbons (Fsp3) is 0.538. The number of rotatable bonds is 5. The van der Waals surface area contributed by atoms with E-state index in [1.54, 1.807) is 11.3 Å². The van der Waals surface area contributed by atoms with Crippen molar-refractivity contribution >= 4 is 11.3 Å². The molecule has 0 amide bonds. The topological polar surface area (TPSA) is 42.7 Å². The zero-order chi connectivity index (χ0) is 13.1. The van der Waals surface area contributed by atoms with Crippen molar-refractivity contribution in [3.8, 4) is 0 Å². The standard InChI is InChI=1S/C13H20N4S/c1-9(2)17-6-5-11(16-17)7-12(14-4)13-8-15-10(3)18-13/h5-6,8-9,12,14H,7H2,1-4H3. The fourth-order valence-electron chi connectivity index (χ4n) is 1.87. The SMILES string of the molecule is CNC(Cc1ccn(C(C)C)n1)c1cnc(C)s1. The van der Waals surface area contributed by atoms with E-state index in [4.69, 9.17) is 0 Å². The Morgan fingerprint density at radius 3 is 2.72 bits per heavy atom. The van der Waals surface area contributed by atoms with Crippen molar-refractivity contribution < 1.29 is 0 Å². The molecule has 5 heteroatoms. The van der Waals surface area contributed by atoms with E-state index in [1.165, 1.54) is 4.88 Å². The Kier molecular flexibility index (Phi) is 4.14. The molecule has 4 nitrogen and oxygen atoms in total. The Bertz CT molecular complexity index is 501. The van der Waals surface area contributed by atoms with Gasteiger partial charge in [-0.2, -0.15) is 5.10 Å². The van der Waals surface area contributed by atoms with E-state index in [0.29, 0.717) is 12.1 Å². The normalized spacial score (nSPS) is 13.2. The average Bonchev–Trinajstić information content (AvgIpc) is 2.94. The maximum atomic E-state index is 4.59. The van der Waals surface area contributed by atoms with Crippen LogP contribution in [-0.4, -0.2) is 21.8 Å². The highest BCUT2D eigenvalue weighted by Gasteiger charge is 2.14. The second kappa shape index (κ2) is 5.63. The molecule has 0 saturated carbocycles. The van der Waals surface area contributed by atoms with Gasteiger partial charge in [0.1, 0.15) is 0 Å². The van der Waals surface area contributed by atoms with Gasteiger partial charge in [-0.25, -0.2) is 4.98 Å². The van der Waals surface area contributed by atoms with Crippen LogP contribution < -0.4 is 5.32 Å². The minimum Gasteiger partial charge on any atom is -0.312 e. The lowest BCUT2D eigenvalue weighted by Crippen LogP contribution is -2.18. The minimum absolute atomic E-state index is 0.298. The molecular weight excluding hydrogens is 244 g/mol. The van der Waals surface area contributed by atoms with Gasteiger partial charge in [-0.15, -0.1) is 11.3 Å². The summed E-state index contributed by atoms with van der Waals surface area (Å²) in [7, 11) is 1.99. The first-order valence-electron chi connectivity index (χ1n) is 6.23. The van der Waals surface area contributed by atoms with Crippen molar-refractivity contribution in [2.24, 2.45) is 0 Å². The highest BCUT2D eigenvalue weighted by molar-refractivity contribution is 7.11. The van der Waals surface area contributed by atoms with Crippen LogP contribution in [0.15, 0.2) is 18.5 Å². The second-order valence-corrected chi connectivity index (χ2v) is 5.97.